The summed E-state index contributed by atoms with van der Waals surface area (Å²) < 4.78 is 10.2. The highest BCUT2D eigenvalue weighted by molar-refractivity contribution is 5.71. The summed E-state index contributed by atoms with van der Waals surface area (Å²) in [5, 5.41) is 11.7. The van der Waals surface area contributed by atoms with Crippen molar-refractivity contribution in [3.8, 4) is 0 Å². The summed E-state index contributed by atoms with van der Waals surface area (Å²) in [5.41, 5.74) is -0.0355. The smallest absolute Gasteiger partial charge is 0.353 e. The maximum Gasteiger partial charge on any atom is 0.353 e. The molecule has 2 rings (SSSR count). The first-order chi connectivity index (χ1) is 11.7. The van der Waals surface area contributed by atoms with E-state index in [2.05, 4.69) is 9.97 Å². The molecule has 24 heavy (non-hydrogen) atoms. The Morgan fingerprint density at radius 1 is 1.17 bits per heavy atom. The normalized spacial score (nSPS) is 14.7. The molecule has 1 aromatic heterocycles. The zero-order chi connectivity index (χ0) is 17.4. The molecule has 0 radical (unpaired) electrons. The van der Waals surface area contributed by atoms with Crippen molar-refractivity contribution in [3.05, 3.63) is 16.4 Å². The molecule has 0 N–H and O–H groups in total. The topological polar surface area (TPSA) is 93.9 Å². The third-order valence-corrected chi connectivity index (χ3v) is 4.05. The third kappa shape index (κ3) is 4.51. The van der Waals surface area contributed by atoms with Crippen LogP contribution in [0.15, 0.2) is 6.33 Å². The van der Waals surface area contributed by atoms with Gasteiger partial charge in [0.1, 0.15) is 6.33 Å². The summed E-state index contributed by atoms with van der Waals surface area (Å²) in [6, 6.07) is 0. The van der Waals surface area contributed by atoms with E-state index in [1.165, 1.54) is 6.33 Å². The number of hydrogen-bond donors (Lipinski definition) is 0. The van der Waals surface area contributed by atoms with Gasteiger partial charge < -0.3 is 19.3 Å². The molecule has 1 aliphatic rings. The lowest BCUT2D eigenvalue weighted by Crippen LogP contribution is -2.34. The number of nitrogens with zero attached hydrogens (tertiary/aromatic N) is 5. The standard InChI is InChI=1S/C15H25N5O4/c1-23-10-8-19(9-11-24-2)15-13(20(21)22)14(16-12-17-15)18-6-4-3-5-7-18/h12H,3-11H2,1-2H3. The van der Waals surface area contributed by atoms with Crippen LogP contribution in [0.4, 0.5) is 17.3 Å². The monoisotopic (exact) mass is 339 g/mol. The predicted octanol–water partition coefficient (Wildman–Crippen LogP) is 1.47. The molecule has 0 atom stereocenters. The van der Waals surface area contributed by atoms with Crippen LogP contribution in [0, 0.1) is 10.1 Å². The molecule has 1 aliphatic heterocycles. The molecule has 0 aromatic carbocycles. The second-order valence-corrected chi connectivity index (χ2v) is 5.65. The summed E-state index contributed by atoms with van der Waals surface area (Å²) in [7, 11) is 3.20. The van der Waals surface area contributed by atoms with Crippen LogP contribution >= 0.6 is 0 Å². The Morgan fingerprint density at radius 3 is 2.33 bits per heavy atom. The minimum Gasteiger partial charge on any atom is -0.383 e. The van der Waals surface area contributed by atoms with Crippen molar-refractivity contribution in [2.45, 2.75) is 19.3 Å². The third-order valence-electron chi connectivity index (χ3n) is 4.05. The Hall–Kier alpha value is -2.00. The Bertz CT molecular complexity index is 529. The second kappa shape index (κ2) is 9.33. The van der Waals surface area contributed by atoms with Gasteiger partial charge in [0.15, 0.2) is 0 Å². The van der Waals surface area contributed by atoms with Crippen LogP contribution in [0.3, 0.4) is 0 Å². The van der Waals surface area contributed by atoms with Crippen molar-refractivity contribution in [1.29, 1.82) is 0 Å². The number of piperidine rings is 1. The summed E-state index contributed by atoms with van der Waals surface area (Å²) in [6.45, 7) is 3.46. The van der Waals surface area contributed by atoms with Crippen LogP contribution in [-0.4, -0.2) is 68.5 Å². The molecule has 0 aliphatic carbocycles. The Kier molecular flexibility index (Phi) is 7.13. The Balaban J connectivity index is 2.36. The van der Waals surface area contributed by atoms with E-state index in [4.69, 9.17) is 9.47 Å². The zero-order valence-electron chi connectivity index (χ0n) is 14.3. The fraction of sp³-hybridized carbons (Fsp3) is 0.733. The maximum atomic E-state index is 11.7. The van der Waals surface area contributed by atoms with Gasteiger partial charge in [-0.2, -0.15) is 0 Å². The zero-order valence-corrected chi connectivity index (χ0v) is 14.3. The van der Waals surface area contributed by atoms with Crippen molar-refractivity contribution in [1.82, 2.24) is 9.97 Å². The number of anilines is 2. The van der Waals surface area contributed by atoms with E-state index in [-0.39, 0.29) is 10.6 Å². The molecule has 134 valence electrons. The molecular weight excluding hydrogens is 314 g/mol. The van der Waals surface area contributed by atoms with Crippen molar-refractivity contribution in [2.75, 3.05) is 63.4 Å². The molecular formula is C15H25N5O4. The molecule has 9 heteroatoms. The molecule has 1 aromatic rings. The van der Waals surface area contributed by atoms with Gasteiger partial charge in [0.05, 0.1) is 18.1 Å². The predicted molar refractivity (Wildman–Crippen MR) is 90.7 cm³/mol. The minimum absolute atomic E-state index is 0.0355. The molecule has 9 nitrogen and oxygen atoms in total. The molecule has 0 saturated carbocycles. The Morgan fingerprint density at radius 2 is 1.79 bits per heavy atom. The average Bonchev–Trinajstić information content (AvgIpc) is 2.62. The van der Waals surface area contributed by atoms with E-state index >= 15 is 0 Å². The SMILES string of the molecule is COCCN(CCOC)c1ncnc(N2CCCCC2)c1[N+](=O)[O-]. The molecule has 1 fully saturated rings. The molecule has 0 bridgehead atoms. The molecule has 0 amide bonds. The van der Waals surface area contributed by atoms with Crippen LogP contribution in [0.5, 0.6) is 0 Å². The van der Waals surface area contributed by atoms with Crippen molar-refractivity contribution < 1.29 is 14.4 Å². The van der Waals surface area contributed by atoms with E-state index in [0.29, 0.717) is 37.9 Å². The van der Waals surface area contributed by atoms with Gasteiger partial charge in [-0.25, -0.2) is 9.97 Å². The van der Waals surface area contributed by atoms with Gasteiger partial charge in [-0.05, 0) is 19.3 Å². The number of methoxy groups -OCH3 is 2. The quantitative estimate of drug-likeness (QED) is 0.493. The lowest BCUT2D eigenvalue weighted by atomic mass is 10.1. The summed E-state index contributed by atoms with van der Waals surface area (Å²) in [5.74, 6) is 0.731. The molecule has 2 heterocycles. The first-order valence-corrected chi connectivity index (χ1v) is 8.16. The summed E-state index contributed by atoms with van der Waals surface area (Å²) in [6.07, 6.45) is 4.59. The van der Waals surface area contributed by atoms with E-state index < -0.39 is 0 Å². The largest absolute Gasteiger partial charge is 0.383 e. The summed E-state index contributed by atoms with van der Waals surface area (Å²) in [4.78, 5) is 23.6. The lowest BCUT2D eigenvalue weighted by molar-refractivity contribution is -0.383. The van der Waals surface area contributed by atoms with Crippen LogP contribution in [0.25, 0.3) is 0 Å². The van der Waals surface area contributed by atoms with Crippen molar-refractivity contribution in [3.63, 3.8) is 0 Å². The number of nitro groups is 1. The number of aromatic nitrogens is 2. The highest BCUT2D eigenvalue weighted by Gasteiger charge is 2.30. The van der Waals surface area contributed by atoms with Gasteiger partial charge in [0.25, 0.3) is 0 Å². The highest BCUT2D eigenvalue weighted by atomic mass is 16.6. The Labute approximate surface area is 141 Å². The van der Waals surface area contributed by atoms with E-state index in [0.717, 1.165) is 32.4 Å². The molecule has 0 unspecified atom stereocenters. The molecule has 0 spiro atoms. The van der Waals surface area contributed by atoms with Crippen LogP contribution in [-0.2, 0) is 9.47 Å². The number of hydrogen-bond acceptors (Lipinski definition) is 8. The van der Waals surface area contributed by atoms with Crippen molar-refractivity contribution >= 4 is 17.3 Å². The number of rotatable bonds is 9. The molecule has 1 saturated heterocycles. The van der Waals surface area contributed by atoms with Gasteiger partial charge in [-0.1, -0.05) is 0 Å². The van der Waals surface area contributed by atoms with E-state index in [1.54, 1.807) is 14.2 Å². The first-order valence-electron chi connectivity index (χ1n) is 8.16. The van der Waals surface area contributed by atoms with Gasteiger partial charge in [0.2, 0.25) is 11.6 Å². The van der Waals surface area contributed by atoms with E-state index in [1.807, 2.05) is 9.80 Å². The van der Waals surface area contributed by atoms with Crippen molar-refractivity contribution in [2.24, 2.45) is 0 Å². The second-order valence-electron chi connectivity index (χ2n) is 5.65. The van der Waals surface area contributed by atoms with Gasteiger partial charge in [-0.15, -0.1) is 0 Å². The van der Waals surface area contributed by atoms with Gasteiger partial charge in [0, 0.05) is 40.4 Å². The van der Waals surface area contributed by atoms with Crippen LogP contribution < -0.4 is 9.80 Å². The van der Waals surface area contributed by atoms with Crippen LogP contribution in [0.2, 0.25) is 0 Å². The van der Waals surface area contributed by atoms with E-state index in [9.17, 15) is 10.1 Å². The highest BCUT2D eigenvalue weighted by Crippen LogP contribution is 2.35. The number of ether oxygens (including phenoxy) is 2. The summed E-state index contributed by atoms with van der Waals surface area (Å²) >= 11 is 0. The fourth-order valence-corrected chi connectivity index (χ4v) is 2.82. The average molecular weight is 339 g/mol. The van der Waals surface area contributed by atoms with Gasteiger partial charge >= 0.3 is 5.69 Å². The lowest BCUT2D eigenvalue weighted by Gasteiger charge is -2.29. The first kappa shape index (κ1) is 18.3. The van der Waals surface area contributed by atoms with Gasteiger partial charge in [-0.3, -0.25) is 10.1 Å². The minimum atomic E-state index is -0.383. The fourth-order valence-electron chi connectivity index (χ4n) is 2.82. The maximum absolute atomic E-state index is 11.7. The van der Waals surface area contributed by atoms with Crippen LogP contribution in [0.1, 0.15) is 19.3 Å².